The summed E-state index contributed by atoms with van der Waals surface area (Å²) in [5.41, 5.74) is 2.27. The number of fused-ring (bicyclic) bond motifs is 3. The van der Waals surface area contributed by atoms with Crippen LogP contribution in [-0.2, 0) is 0 Å². The molecule has 76 valence electrons. The Morgan fingerprint density at radius 1 is 1.12 bits per heavy atom. The molecule has 0 saturated carbocycles. The molecule has 0 amide bonds. The minimum atomic E-state index is 0.626. The highest BCUT2D eigenvalue weighted by Gasteiger charge is 2.09. The van der Waals surface area contributed by atoms with Gasteiger partial charge >= 0.3 is 0 Å². The Kier molecular flexibility index (Phi) is 2.11. The van der Waals surface area contributed by atoms with Gasteiger partial charge in [0.25, 0.3) is 0 Å². The van der Waals surface area contributed by atoms with Crippen molar-refractivity contribution in [2.45, 2.75) is 0 Å². The smallest absolute Gasteiger partial charge is 0.136 e. The summed E-state index contributed by atoms with van der Waals surface area (Å²) in [5, 5.41) is 11.0. The van der Waals surface area contributed by atoms with Crippen molar-refractivity contribution in [3.63, 3.8) is 0 Å². The minimum Gasteiger partial charge on any atom is -0.456 e. The number of nitriles is 1. The van der Waals surface area contributed by atoms with Crippen LogP contribution in [0.3, 0.4) is 0 Å². The minimum absolute atomic E-state index is 0.626. The highest BCUT2D eigenvalue weighted by molar-refractivity contribution is 14.1. The maximum Gasteiger partial charge on any atom is 0.136 e. The number of benzene rings is 2. The molecule has 0 N–H and O–H groups in total. The molecule has 3 heteroatoms. The fourth-order valence-corrected chi connectivity index (χ4v) is 2.62. The van der Waals surface area contributed by atoms with Gasteiger partial charge in [-0.15, -0.1) is 0 Å². The van der Waals surface area contributed by atoms with Gasteiger partial charge < -0.3 is 4.42 Å². The highest BCUT2D eigenvalue weighted by atomic mass is 127. The lowest BCUT2D eigenvalue weighted by Crippen LogP contribution is -1.74. The number of rotatable bonds is 0. The average molecular weight is 319 g/mol. The first-order chi connectivity index (χ1) is 7.79. The van der Waals surface area contributed by atoms with Crippen LogP contribution in [0.4, 0.5) is 0 Å². The Balaban J connectivity index is 2.53. The van der Waals surface area contributed by atoms with Crippen LogP contribution in [0.5, 0.6) is 0 Å². The van der Waals surface area contributed by atoms with Crippen LogP contribution < -0.4 is 0 Å². The van der Waals surface area contributed by atoms with E-state index < -0.39 is 0 Å². The second kappa shape index (κ2) is 3.49. The van der Waals surface area contributed by atoms with Gasteiger partial charge in [0.1, 0.15) is 11.2 Å². The van der Waals surface area contributed by atoms with Crippen molar-refractivity contribution in [3.8, 4) is 6.07 Å². The van der Waals surface area contributed by atoms with Crippen LogP contribution in [0.15, 0.2) is 40.8 Å². The molecule has 0 unspecified atom stereocenters. The van der Waals surface area contributed by atoms with Gasteiger partial charge in [0, 0.05) is 14.3 Å². The molecule has 0 aliphatic heterocycles. The van der Waals surface area contributed by atoms with Crippen molar-refractivity contribution in [1.29, 1.82) is 5.26 Å². The summed E-state index contributed by atoms with van der Waals surface area (Å²) in [6.07, 6.45) is 0. The molecular weight excluding hydrogens is 313 g/mol. The van der Waals surface area contributed by atoms with Crippen molar-refractivity contribution in [2.75, 3.05) is 0 Å². The van der Waals surface area contributed by atoms with E-state index in [1.807, 2.05) is 24.3 Å². The van der Waals surface area contributed by atoms with Gasteiger partial charge in [0.15, 0.2) is 0 Å². The molecule has 0 aliphatic carbocycles. The third-order valence-corrected chi connectivity index (χ3v) is 3.47. The fourth-order valence-electron chi connectivity index (χ4n) is 1.85. The summed E-state index contributed by atoms with van der Waals surface area (Å²) in [5.74, 6) is 0. The summed E-state index contributed by atoms with van der Waals surface area (Å²) >= 11 is 2.30. The monoisotopic (exact) mass is 319 g/mol. The molecule has 16 heavy (non-hydrogen) atoms. The summed E-state index contributed by atoms with van der Waals surface area (Å²) < 4.78 is 6.89. The lowest BCUT2D eigenvalue weighted by Gasteiger charge is -1.92. The molecule has 3 rings (SSSR count). The zero-order valence-corrected chi connectivity index (χ0v) is 10.4. The van der Waals surface area contributed by atoms with Gasteiger partial charge in [-0.3, -0.25) is 0 Å². The van der Waals surface area contributed by atoms with E-state index in [1.165, 1.54) is 3.57 Å². The van der Waals surface area contributed by atoms with E-state index >= 15 is 0 Å². The zero-order chi connectivity index (χ0) is 11.1. The molecule has 1 heterocycles. The van der Waals surface area contributed by atoms with Crippen LogP contribution in [0, 0.1) is 14.9 Å². The first kappa shape index (κ1) is 9.67. The van der Waals surface area contributed by atoms with Crippen LogP contribution >= 0.6 is 22.6 Å². The van der Waals surface area contributed by atoms with Crippen molar-refractivity contribution >= 4 is 44.5 Å². The zero-order valence-electron chi connectivity index (χ0n) is 8.20. The first-order valence-corrected chi connectivity index (χ1v) is 5.88. The van der Waals surface area contributed by atoms with E-state index in [4.69, 9.17) is 9.68 Å². The van der Waals surface area contributed by atoms with Gasteiger partial charge in [-0.25, -0.2) is 0 Å². The predicted molar refractivity (Wildman–Crippen MR) is 71.2 cm³/mol. The topological polar surface area (TPSA) is 36.9 Å². The summed E-state index contributed by atoms with van der Waals surface area (Å²) in [7, 11) is 0. The third kappa shape index (κ3) is 1.30. The van der Waals surface area contributed by atoms with Crippen molar-refractivity contribution in [1.82, 2.24) is 0 Å². The van der Waals surface area contributed by atoms with Crippen LogP contribution in [0.2, 0.25) is 0 Å². The maximum absolute atomic E-state index is 8.83. The van der Waals surface area contributed by atoms with Gasteiger partial charge in [0.2, 0.25) is 0 Å². The van der Waals surface area contributed by atoms with Crippen molar-refractivity contribution in [2.24, 2.45) is 0 Å². The highest BCUT2D eigenvalue weighted by Crippen LogP contribution is 2.32. The van der Waals surface area contributed by atoms with E-state index in [9.17, 15) is 0 Å². The van der Waals surface area contributed by atoms with E-state index in [-0.39, 0.29) is 0 Å². The largest absolute Gasteiger partial charge is 0.456 e. The molecule has 0 bridgehead atoms. The van der Waals surface area contributed by atoms with Gasteiger partial charge in [-0.2, -0.15) is 5.26 Å². The fraction of sp³-hybridized carbons (Fsp3) is 0. The first-order valence-electron chi connectivity index (χ1n) is 4.80. The van der Waals surface area contributed by atoms with Crippen molar-refractivity contribution < 1.29 is 4.42 Å². The molecule has 0 atom stereocenters. The number of hydrogen-bond donors (Lipinski definition) is 0. The number of nitrogens with zero attached hydrogens (tertiary/aromatic N) is 1. The summed E-state index contributed by atoms with van der Waals surface area (Å²) in [6.45, 7) is 0. The van der Waals surface area contributed by atoms with Gasteiger partial charge in [0.05, 0.1) is 11.6 Å². The molecule has 0 saturated heterocycles. The standard InChI is InChI=1S/C13H6INO/c14-10-2-1-3-11-13(10)9-5-4-8(7-15)6-12(9)16-11/h1-6H. The quantitative estimate of drug-likeness (QED) is 0.586. The molecule has 2 aromatic carbocycles. The number of halogens is 1. The normalized spacial score (nSPS) is 10.8. The number of hydrogen-bond acceptors (Lipinski definition) is 2. The molecule has 0 fully saturated rings. The summed E-state index contributed by atoms with van der Waals surface area (Å²) in [6, 6.07) is 13.6. The SMILES string of the molecule is N#Cc1ccc2c(c1)oc1cccc(I)c12. The summed E-state index contributed by atoms with van der Waals surface area (Å²) in [4.78, 5) is 0. The van der Waals surface area contributed by atoms with Crippen LogP contribution in [0.25, 0.3) is 21.9 Å². The molecular formula is C13H6INO. The Labute approximate surface area is 106 Å². The maximum atomic E-state index is 8.83. The van der Waals surface area contributed by atoms with Gasteiger partial charge in [-0.05, 0) is 52.9 Å². The van der Waals surface area contributed by atoms with E-state index in [0.29, 0.717) is 5.56 Å². The number of furan rings is 1. The molecule has 2 nitrogen and oxygen atoms in total. The van der Waals surface area contributed by atoms with Crippen LogP contribution in [-0.4, -0.2) is 0 Å². The van der Waals surface area contributed by atoms with Crippen LogP contribution in [0.1, 0.15) is 5.56 Å². The van der Waals surface area contributed by atoms with Gasteiger partial charge in [-0.1, -0.05) is 6.07 Å². The molecule has 1 aromatic heterocycles. The predicted octanol–water partition coefficient (Wildman–Crippen LogP) is 4.06. The second-order valence-corrected chi connectivity index (χ2v) is 4.70. The third-order valence-electron chi connectivity index (χ3n) is 2.58. The Morgan fingerprint density at radius 2 is 2.00 bits per heavy atom. The Bertz CT molecular complexity index is 737. The van der Waals surface area contributed by atoms with Crippen molar-refractivity contribution in [3.05, 3.63) is 45.5 Å². The molecule has 0 radical (unpaired) electrons. The average Bonchev–Trinajstić information content (AvgIpc) is 2.67. The molecule has 0 aliphatic rings. The Hall–Kier alpha value is -1.54. The van der Waals surface area contributed by atoms with E-state index in [0.717, 1.165) is 21.9 Å². The van der Waals surface area contributed by atoms with E-state index in [1.54, 1.807) is 6.07 Å². The second-order valence-electron chi connectivity index (χ2n) is 3.54. The molecule has 0 spiro atoms. The lowest BCUT2D eigenvalue weighted by atomic mass is 10.1. The molecule has 3 aromatic rings. The lowest BCUT2D eigenvalue weighted by molar-refractivity contribution is 0.668. The Morgan fingerprint density at radius 3 is 2.81 bits per heavy atom. The van der Waals surface area contributed by atoms with E-state index in [2.05, 4.69) is 34.7 Å².